The second-order valence-corrected chi connectivity index (χ2v) is 3.33. The van der Waals surface area contributed by atoms with Crippen LogP contribution in [0.5, 0.6) is 0 Å². The average molecular weight is 216 g/mol. The molecule has 0 aliphatic carbocycles. The van der Waals surface area contributed by atoms with Crippen molar-refractivity contribution in [1.29, 1.82) is 0 Å². The van der Waals surface area contributed by atoms with Crippen molar-refractivity contribution in [3.63, 3.8) is 0 Å². The number of hydrogen-bond donors (Lipinski definition) is 0. The van der Waals surface area contributed by atoms with Gasteiger partial charge in [0, 0.05) is 10.8 Å². The summed E-state index contributed by atoms with van der Waals surface area (Å²) in [6, 6.07) is 1.86. The average Bonchev–Trinajstić information content (AvgIpc) is 2.28. The third-order valence-electron chi connectivity index (χ3n) is 2.20. The van der Waals surface area contributed by atoms with E-state index >= 15 is 0 Å². The number of allylic oxidation sites excluding steroid dienone is 3. The van der Waals surface area contributed by atoms with Gasteiger partial charge in [-0.25, -0.2) is 4.79 Å². The highest BCUT2D eigenvalue weighted by Gasteiger charge is 1.98. The minimum absolute atomic E-state index is 0.270. The van der Waals surface area contributed by atoms with E-state index in [0.29, 0.717) is 17.4 Å². The van der Waals surface area contributed by atoms with Crippen molar-refractivity contribution >= 4 is 12.2 Å². The Morgan fingerprint density at radius 1 is 1.44 bits per heavy atom. The molecule has 84 valence electrons. The van der Waals surface area contributed by atoms with Gasteiger partial charge in [-0.2, -0.15) is 0 Å². The molecule has 16 heavy (non-hydrogen) atoms. The molecule has 0 aliphatic rings. The molecule has 1 aromatic rings. The summed E-state index contributed by atoms with van der Waals surface area (Å²) in [5, 5.41) is 0.898. The lowest BCUT2D eigenvalue weighted by atomic mass is 10.2. The molecule has 0 N–H and O–H groups in total. The summed E-state index contributed by atoms with van der Waals surface area (Å²) in [5.41, 5.74) is 0.973. The molecule has 0 fully saturated rings. The van der Waals surface area contributed by atoms with E-state index in [2.05, 4.69) is 6.58 Å². The smallest absolute Gasteiger partial charge is 0.339 e. The fourth-order valence-electron chi connectivity index (χ4n) is 1.36. The molecule has 0 amide bonds. The van der Waals surface area contributed by atoms with Gasteiger partial charge in [-0.05, 0) is 25.5 Å². The van der Waals surface area contributed by atoms with Crippen molar-refractivity contribution in [3.05, 3.63) is 57.5 Å². The molecule has 0 unspecified atom stereocenters. The Kier molecular flexibility index (Phi) is 4.52. The van der Waals surface area contributed by atoms with Crippen LogP contribution in [0.15, 0.2) is 40.1 Å². The Balaban J connectivity index is 3.62. The van der Waals surface area contributed by atoms with Gasteiger partial charge in [-0.3, -0.25) is 0 Å². The highest BCUT2D eigenvalue weighted by Crippen LogP contribution is 1.85. The molecule has 1 rings (SSSR count). The van der Waals surface area contributed by atoms with E-state index in [-0.39, 0.29) is 5.63 Å². The summed E-state index contributed by atoms with van der Waals surface area (Å²) in [6.07, 6.45) is 9.72. The minimum atomic E-state index is -0.270. The lowest BCUT2D eigenvalue weighted by molar-refractivity contribution is 0.466. The molecular weight excluding hydrogens is 200 g/mol. The molecule has 0 saturated heterocycles. The summed E-state index contributed by atoms with van der Waals surface area (Å²) in [6.45, 7) is 7.47. The zero-order chi connectivity index (χ0) is 12.0. The fraction of sp³-hybridized carbons (Fsp3) is 0.214. The van der Waals surface area contributed by atoms with Crippen LogP contribution in [0.1, 0.15) is 19.4 Å². The Morgan fingerprint density at radius 2 is 2.19 bits per heavy atom. The maximum Gasteiger partial charge on any atom is 0.339 e. The van der Waals surface area contributed by atoms with Gasteiger partial charge in [-0.15, -0.1) is 0 Å². The van der Waals surface area contributed by atoms with E-state index in [1.54, 1.807) is 12.2 Å². The van der Waals surface area contributed by atoms with Crippen LogP contribution < -0.4 is 16.3 Å². The summed E-state index contributed by atoms with van der Waals surface area (Å²) >= 11 is 0. The van der Waals surface area contributed by atoms with Crippen LogP contribution in [0.3, 0.4) is 0 Å². The Labute approximate surface area is 94.9 Å². The van der Waals surface area contributed by atoms with Gasteiger partial charge in [0.15, 0.2) is 0 Å². The van der Waals surface area contributed by atoms with E-state index in [4.69, 9.17) is 4.42 Å². The topological polar surface area (TPSA) is 30.2 Å². The Bertz CT molecular complexity index is 559. The molecule has 1 aromatic heterocycles. The molecule has 0 saturated carbocycles. The van der Waals surface area contributed by atoms with Crippen LogP contribution in [0.25, 0.3) is 12.2 Å². The predicted molar refractivity (Wildman–Crippen MR) is 67.5 cm³/mol. The zero-order valence-electron chi connectivity index (χ0n) is 9.69. The van der Waals surface area contributed by atoms with Crippen LogP contribution in [0.2, 0.25) is 0 Å². The third kappa shape index (κ3) is 2.83. The molecule has 0 aliphatic heterocycles. The van der Waals surface area contributed by atoms with E-state index in [9.17, 15) is 4.79 Å². The minimum Gasteiger partial charge on any atom is -0.423 e. The van der Waals surface area contributed by atoms with Crippen LogP contribution in [0.4, 0.5) is 0 Å². The van der Waals surface area contributed by atoms with Crippen molar-refractivity contribution in [1.82, 2.24) is 0 Å². The highest BCUT2D eigenvalue weighted by atomic mass is 16.4. The summed E-state index contributed by atoms with van der Waals surface area (Å²) in [5.74, 6) is 0. The quantitative estimate of drug-likeness (QED) is 0.767. The molecule has 0 atom stereocenters. The molecule has 1 heterocycles. The van der Waals surface area contributed by atoms with E-state index in [0.717, 1.165) is 5.22 Å². The standard InChI is InChI=1S/C14H16O2/c1-4-7-9-12-10-11(6-3)14(15)16-13(12)8-5-2/h4-5,7-10H,2,6H2,1,3H3/b7-4-,12-9-,13-8+. The molecule has 0 radical (unpaired) electrons. The normalized spacial score (nSPS) is 13.6. The van der Waals surface area contributed by atoms with Crippen LogP contribution in [-0.4, -0.2) is 0 Å². The maximum absolute atomic E-state index is 11.5. The highest BCUT2D eigenvalue weighted by molar-refractivity contribution is 5.40. The largest absolute Gasteiger partial charge is 0.423 e. The first-order valence-electron chi connectivity index (χ1n) is 5.31. The van der Waals surface area contributed by atoms with E-state index in [1.807, 2.05) is 38.1 Å². The monoisotopic (exact) mass is 216 g/mol. The van der Waals surface area contributed by atoms with Crippen molar-refractivity contribution in [2.45, 2.75) is 20.3 Å². The molecule has 2 nitrogen and oxygen atoms in total. The second-order valence-electron chi connectivity index (χ2n) is 3.33. The molecule has 2 heteroatoms. The number of rotatable bonds is 3. The fourth-order valence-corrected chi connectivity index (χ4v) is 1.36. The van der Waals surface area contributed by atoms with Gasteiger partial charge in [0.1, 0.15) is 5.42 Å². The van der Waals surface area contributed by atoms with Crippen molar-refractivity contribution < 1.29 is 4.42 Å². The first-order valence-corrected chi connectivity index (χ1v) is 5.31. The number of hydrogen-bond acceptors (Lipinski definition) is 2. The first-order chi connectivity index (χ1) is 7.72. The molecule has 0 aromatic carbocycles. The van der Waals surface area contributed by atoms with Crippen molar-refractivity contribution in [2.75, 3.05) is 0 Å². The summed E-state index contributed by atoms with van der Waals surface area (Å²) in [4.78, 5) is 11.5. The molecule has 0 bridgehead atoms. The summed E-state index contributed by atoms with van der Waals surface area (Å²) in [7, 11) is 0. The maximum atomic E-state index is 11.5. The van der Waals surface area contributed by atoms with E-state index in [1.165, 1.54) is 0 Å². The zero-order valence-corrected chi connectivity index (χ0v) is 9.69. The first kappa shape index (κ1) is 12.2. The van der Waals surface area contributed by atoms with Crippen molar-refractivity contribution in [3.8, 4) is 0 Å². The predicted octanol–water partition coefficient (Wildman–Crippen LogP) is 1.53. The van der Waals surface area contributed by atoms with Gasteiger partial charge in [0.05, 0.1) is 0 Å². The van der Waals surface area contributed by atoms with E-state index < -0.39 is 0 Å². The van der Waals surface area contributed by atoms with Gasteiger partial charge >= 0.3 is 5.63 Å². The van der Waals surface area contributed by atoms with Gasteiger partial charge < -0.3 is 4.42 Å². The van der Waals surface area contributed by atoms with Crippen LogP contribution >= 0.6 is 0 Å². The lowest BCUT2D eigenvalue weighted by Gasteiger charge is -1.94. The van der Waals surface area contributed by atoms with Crippen molar-refractivity contribution in [2.24, 2.45) is 0 Å². The molecular formula is C14H16O2. The van der Waals surface area contributed by atoms with Crippen LogP contribution in [-0.2, 0) is 6.42 Å². The third-order valence-corrected chi connectivity index (χ3v) is 2.20. The van der Waals surface area contributed by atoms with Gasteiger partial charge in [0.2, 0.25) is 0 Å². The Morgan fingerprint density at radius 3 is 2.75 bits per heavy atom. The summed E-state index contributed by atoms with van der Waals surface area (Å²) < 4.78 is 5.22. The van der Waals surface area contributed by atoms with Gasteiger partial charge in [0.25, 0.3) is 0 Å². The number of aryl methyl sites for hydroxylation is 1. The van der Waals surface area contributed by atoms with Crippen LogP contribution in [0, 0.1) is 0 Å². The Hall–Kier alpha value is -1.83. The van der Waals surface area contributed by atoms with Gasteiger partial charge in [-0.1, -0.05) is 37.8 Å². The SMILES string of the molecule is C=C/C=c1/oc(=O)c(CC)c/c1=C/C=C\C. The lowest BCUT2D eigenvalue weighted by Crippen LogP contribution is -2.30. The molecule has 0 spiro atoms. The second kappa shape index (κ2) is 5.91.